The first kappa shape index (κ1) is 6.61. The topological polar surface area (TPSA) is 46.5 Å². The van der Waals surface area contributed by atoms with Gasteiger partial charge >= 0.3 is 0 Å². The Hall–Kier alpha value is -1.51. The molecule has 10 heavy (non-hydrogen) atoms. The number of phenols is 1. The summed E-state index contributed by atoms with van der Waals surface area (Å²) in [6.45, 7) is 0.300. The molecule has 0 spiro atoms. The van der Waals surface area contributed by atoms with Gasteiger partial charge in [-0.25, -0.2) is 0 Å². The Morgan fingerprint density at radius 3 is 3.10 bits per heavy atom. The second-order valence-electron chi connectivity index (χ2n) is 1.62. The molecular formula is C7H5O3. The molecule has 0 aliphatic rings. The van der Waals surface area contributed by atoms with Crippen molar-refractivity contribution in [3.05, 3.63) is 24.3 Å². The SMILES string of the molecule is O=COc1cc[c]c(O)c1. The lowest BCUT2D eigenvalue weighted by molar-refractivity contribution is -0.120. The Bertz CT molecular complexity index is 232. The Kier molecular flexibility index (Phi) is 1.89. The predicted molar refractivity (Wildman–Crippen MR) is 33.6 cm³/mol. The van der Waals surface area contributed by atoms with E-state index in [0.29, 0.717) is 12.2 Å². The van der Waals surface area contributed by atoms with Gasteiger partial charge in [0.25, 0.3) is 6.47 Å². The van der Waals surface area contributed by atoms with Crippen LogP contribution in [0.5, 0.6) is 11.5 Å². The number of phenolic OH excluding ortho intramolecular Hbond substituents is 1. The third kappa shape index (κ3) is 1.48. The van der Waals surface area contributed by atoms with Gasteiger partial charge in [0.1, 0.15) is 11.5 Å². The van der Waals surface area contributed by atoms with Crippen molar-refractivity contribution in [2.45, 2.75) is 0 Å². The average molecular weight is 137 g/mol. The maximum atomic E-state index is 9.77. The van der Waals surface area contributed by atoms with Gasteiger partial charge in [0.05, 0.1) is 0 Å². The van der Waals surface area contributed by atoms with Gasteiger partial charge < -0.3 is 9.84 Å². The van der Waals surface area contributed by atoms with Crippen LogP contribution in [0.2, 0.25) is 0 Å². The van der Waals surface area contributed by atoms with Crippen LogP contribution < -0.4 is 4.74 Å². The number of carbonyl (C=O) groups excluding carboxylic acids is 1. The molecule has 0 fully saturated rings. The second-order valence-corrected chi connectivity index (χ2v) is 1.62. The van der Waals surface area contributed by atoms with Crippen molar-refractivity contribution in [3.8, 4) is 11.5 Å². The van der Waals surface area contributed by atoms with Crippen LogP contribution in [0.1, 0.15) is 0 Å². The summed E-state index contributed by atoms with van der Waals surface area (Å²) >= 11 is 0. The van der Waals surface area contributed by atoms with Crippen LogP contribution in [-0.4, -0.2) is 11.6 Å². The van der Waals surface area contributed by atoms with E-state index in [0.717, 1.165) is 0 Å². The molecule has 3 heteroatoms. The number of hydrogen-bond acceptors (Lipinski definition) is 3. The number of aromatic hydroxyl groups is 1. The van der Waals surface area contributed by atoms with Gasteiger partial charge in [0.15, 0.2) is 0 Å². The quantitative estimate of drug-likeness (QED) is 0.611. The first-order valence-corrected chi connectivity index (χ1v) is 2.64. The van der Waals surface area contributed by atoms with Crippen molar-refractivity contribution in [1.29, 1.82) is 0 Å². The van der Waals surface area contributed by atoms with Crippen molar-refractivity contribution in [3.63, 3.8) is 0 Å². The summed E-state index contributed by atoms with van der Waals surface area (Å²) < 4.78 is 4.43. The molecule has 1 aromatic carbocycles. The molecule has 1 radical (unpaired) electrons. The summed E-state index contributed by atoms with van der Waals surface area (Å²) in [5, 5.41) is 8.79. The van der Waals surface area contributed by atoms with E-state index in [9.17, 15) is 4.79 Å². The number of rotatable bonds is 2. The summed E-state index contributed by atoms with van der Waals surface area (Å²) in [7, 11) is 0. The standard InChI is InChI=1S/C7H5O3/c8-5-10-7-3-1-2-6(9)4-7/h1,3-5,9H. The highest BCUT2D eigenvalue weighted by Gasteiger charge is 1.92. The molecule has 0 aliphatic carbocycles. The first-order chi connectivity index (χ1) is 4.83. The fourth-order valence-electron chi connectivity index (χ4n) is 0.563. The summed E-state index contributed by atoms with van der Waals surface area (Å²) in [4.78, 5) is 9.77. The van der Waals surface area contributed by atoms with E-state index in [1.165, 1.54) is 18.2 Å². The minimum absolute atomic E-state index is 0.0423. The fraction of sp³-hybridized carbons (Fsp3) is 0. The zero-order valence-electron chi connectivity index (χ0n) is 5.07. The molecule has 51 valence electrons. The van der Waals surface area contributed by atoms with Crippen molar-refractivity contribution in [2.24, 2.45) is 0 Å². The highest BCUT2D eigenvalue weighted by molar-refractivity contribution is 5.46. The zero-order chi connectivity index (χ0) is 7.40. The molecule has 3 nitrogen and oxygen atoms in total. The molecule has 0 saturated carbocycles. The summed E-state index contributed by atoms with van der Waals surface area (Å²) in [6.07, 6.45) is 0. The molecule has 0 heterocycles. The molecule has 0 aromatic heterocycles. The van der Waals surface area contributed by atoms with Crippen LogP contribution in [0.4, 0.5) is 0 Å². The van der Waals surface area contributed by atoms with Crippen LogP contribution in [-0.2, 0) is 4.79 Å². The lowest BCUT2D eigenvalue weighted by atomic mass is 10.3. The van der Waals surface area contributed by atoms with E-state index in [1.807, 2.05) is 0 Å². The Balaban J connectivity index is 2.84. The number of hydrogen-bond donors (Lipinski definition) is 1. The molecule has 0 atom stereocenters. The molecule has 0 amide bonds. The molecule has 0 unspecified atom stereocenters. The monoisotopic (exact) mass is 137 g/mol. The maximum absolute atomic E-state index is 9.77. The molecule has 1 aromatic rings. The van der Waals surface area contributed by atoms with E-state index < -0.39 is 0 Å². The first-order valence-electron chi connectivity index (χ1n) is 2.64. The molecule has 0 bridgehead atoms. The molecule has 0 aliphatic heterocycles. The van der Waals surface area contributed by atoms with E-state index >= 15 is 0 Å². The number of ether oxygens (including phenoxy) is 1. The summed E-state index contributed by atoms with van der Waals surface area (Å²) in [6, 6.07) is 6.78. The van der Waals surface area contributed by atoms with Crippen LogP contribution in [0, 0.1) is 6.07 Å². The van der Waals surface area contributed by atoms with Gasteiger partial charge in [-0.05, 0) is 12.1 Å². The highest BCUT2D eigenvalue weighted by Crippen LogP contribution is 2.15. The van der Waals surface area contributed by atoms with Crippen molar-refractivity contribution in [2.75, 3.05) is 0 Å². The van der Waals surface area contributed by atoms with E-state index in [4.69, 9.17) is 5.11 Å². The third-order valence-corrected chi connectivity index (χ3v) is 0.942. The van der Waals surface area contributed by atoms with Crippen molar-refractivity contribution < 1.29 is 14.6 Å². The van der Waals surface area contributed by atoms with Gasteiger partial charge in [-0.15, -0.1) is 0 Å². The highest BCUT2D eigenvalue weighted by atomic mass is 16.5. The van der Waals surface area contributed by atoms with Crippen LogP contribution in [0.15, 0.2) is 18.2 Å². The van der Waals surface area contributed by atoms with E-state index in [-0.39, 0.29) is 5.75 Å². The summed E-state index contributed by atoms with van der Waals surface area (Å²) in [5.41, 5.74) is 0. The van der Waals surface area contributed by atoms with E-state index in [2.05, 4.69) is 10.8 Å². The lowest BCUT2D eigenvalue weighted by Gasteiger charge is -1.95. The zero-order valence-corrected chi connectivity index (χ0v) is 5.07. The smallest absolute Gasteiger partial charge is 0.298 e. The molecule has 1 N–H and O–H groups in total. The average Bonchev–Trinajstić information content (AvgIpc) is 1.88. The van der Waals surface area contributed by atoms with Crippen LogP contribution >= 0.6 is 0 Å². The largest absolute Gasteiger partial charge is 0.507 e. The molecular weight excluding hydrogens is 132 g/mol. The fourth-order valence-corrected chi connectivity index (χ4v) is 0.563. The van der Waals surface area contributed by atoms with E-state index in [1.54, 1.807) is 0 Å². The van der Waals surface area contributed by atoms with Gasteiger partial charge in [0.2, 0.25) is 0 Å². The minimum Gasteiger partial charge on any atom is -0.507 e. The molecule has 1 rings (SSSR count). The van der Waals surface area contributed by atoms with Crippen LogP contribution in [0.3, 0.4) is 0 Å². The summed E-state index contributed by atoms with van der Waals surface area (Å²) in [5.74, 6) is 0.269. The van der Waals surface area contributed by atoms with Gasteiger partial charge in [-0.1, -0.05) is 0 Å². The maximum Gasteiger partial charge on any atom is 0.298 e. The Labute approximate surface area is 57.9 Å². The number of carbonyl (C=O) groups is 1. The van der Waals surface area contributed by atoms with Gasteiger partial charge in [-0.3, -0.25) is 4.79 Å². The second kappa shape index (κ2) is 2.87. The molecule has 0 saturated heterocycles. The predicted octanol–water partition coefficient (Wildman–Crippen LogP) is 0.728. The van der Waals surface area contributed by atoms with Crippen LogP contribution in [0.25, 0.3) is 0 Å². The van der Waals surface area contributed by atoms with Crippen molar-refractivity contribution >= 4 is 6.47 Å². The van der Waals surface area contributed by atoms with Crippen molar-refractivity contribution in [1.82, 2.24) is 0 Å². The number of benzene rings is 1. The normalized spacial score (nSPS) is 8.80. The van der Waals surface area contributed by atoms with Gasteiger partial charge in [0, 0.05) is 12.1 Å². The lowest BCUT2D eigenvalue weighted by Crippen LogP contribution is -1.86. The Morgan fingerprint density at radius 1 is 1.70 bits per heavy atom. The minimum atomic E-state index is -0.0423. The third-order valence-electron chi connectivity index (χ3n) is 0.942. The van der Waals surface area contributed by atoms with Gasteiger partial charge in [-0.2, -0.15) is 0 Å². The Morgan fingerprint density at radius 2 is 2.50 bits per heavy atom.